The van der Waals surface area contributed by atoms with Gasteiger partial charge in [-0.25, -0.2) is 19.2 Å². The Hall–Kier alpha value is -3.48. The third-order valence-electron chi connectivity index (χ3n) is 5.37. The van der Waals surface area contributed by atoms with Gasteiger partial charge in [-0.1, -0.05) is 0 Å². The Morgan fingerprint density at radius 1 is 1.24 bits per heavy atom. The molecule has 1 heterocycles. The molecular formula is C23H29FN6O3. The molecule has 1 aliphatic carbocycles. The van der Waals surface area contributed by atoms with Gasteiger partial charge in [0.1, 0.15) is 23.4 Å². The van der Waals surface area contributed by atoms with Crippen LogP contribution in [-0.4, -0.2) is 64.7 Å². The van der Waals surface area contributed by atoms with E-state index in [1.54, 1.807) is 9.80 Å². The predicted molar refractivity (Wildman–Crippen MR) is 122 cm³/mol. The highest BCUT2D eigenvalue weighted by atomic mass is 19.1. The summed E-state index contributed by atoms with van der Waals surface area (Å²) < 4.78 is 19.4. The molecule has 1 saturated heterocycles. The van der Waals surface area contributed by atoms with Gasteiger partial charge in [-0.05, 0) is 64.7 Å². The highest BCUT2D eigenvalue weighted by Gasteiger charge is 2.40. The lowest BCUT2D eigenvalue weighted by Gasteiger charge is -2.39. The first-order valence-electron chi connectivity index (χ1n) is 10.9. The number of piperidine rings is 1. The van der Waals surface area contributed by atoms with Crippen LogP contribution in [0.3, 0.4) is 0 Å². The number of hydrogen-bond acceptors (Lipinski definition) is 5. The first-order valence-corrected chi connectivity index (χ1v) is 10.9. The fourth-order valence-electron chi connectivity index (χ4n) is 3.66. The summed E-state index contributed by atoms with van der Waals surface area (Å²) in [7, 11) is 0. The van der Waals surface area contributed by atoms with Crippen molar-refractivity contribution in [1.82, 2.24) is 9.80 Å². The molecular weight excluding hydrogens is 427 g/mol. The second kappa shape index (κ2) is 9.98. The largest absolute Gasteiger partial charge is 0.444 e. The molecule has 2 aliphatic rings. The third kappa shape index (κ3) is 6.51. The van der Waals surface area contributed by atoms with Crippen LogP contribution in [-0.2, 0) is 9.53 Å². The van der Waals surface area contributed by atoms with Crippen LogP contribution in [0.1, 0.15) is 52.0 Å². The van der Waals surface area contributed by atoms with Crippen molar-refractivity contribution < 1.29 is 18.7 Å². The number of rotatable bonds is 4. The van der Waals surface area contributed by atoms with E-state index in [0.717, 1.165) is 25.2 Å². The molecule has 2 fully saturated rings. The average molecular weight is 457 g/mol. The van der Waals surface area contributed by atoms with Gasteiger partial charge in [0.2, 0.25) is 0 Å². The number of amides is 2. The Bertz CT molecular complexity index is 998. The summed E-state index contributed by atoms with van der Waals surface area (Å²) in [6, 6.07) is 5.77. The van der Waals surface area contributed by atoms with Gasteiger partial charge in [0.25, 0.3) is 5.91 Å². The van der Waals surface area contributed by atoms with E-state index in [1.165, 1.54) is 12.1 Å². The molecule has 1 saturated carbocycles. The Kier molecular flexibility index (Phi) is 7.31. The molecule has 33 heavy (non-hydrogen) atoms. The van der Waals surface area contributed by atoms with Crippen LogP contribution in [0.25, 0.3) is 0 Å². The lowest BCUT2D eigenvalue weighted by Crippen LogP contribution is -2.53. The van der Waals surface area contributed by atoms with E-state index in [-0.39, 0.29) is 41.2 Å². The van der Waals surface area contributed by atoms with Crippen LogP contribution in [0.2, 0.25) is 0 Å². The quantitative estimate of drug-likeness (QED) is 0.551. The minimum absolute atomic E-state index is 0.00781. The zero-order valence-electron chi connectivity index (χ0n) is 19.1. The summed E-state index contributed by atoms with van der Waals surface area (Å²) in [6.45, 7) is 6.46. The highest BCUT2D eigenvalue weighted by molar-refractivity contribution is 6.38. The Morgan fingerprint density at radius 3 is 2.42 bits per heavy atom. The standard InChI is InChI=1S/C23H29FN6O3/c1-23(2,3)33-22(32)29-10-8-17(9-11-29)30(16-5-6-16)21(31)20(26)28-14-27-19-7-4-15(13-25)12-18(19)24/h4,7,12,14,16-17H,5-6,8-11H2,1-3H3,(H2,26,27,28). The summed E-state index contributed by atoms with van der Waals surface area (Å²) in [5, 5.41) is 8.80. The van der Waals surface area contributed by atoms with Crippen molar-refractivity contribution in [2.45, 2.75) is 64.1 Å². The van der Waals surface area contributed by atoms with Crippen molar-refractivity contribution in [2.75, 3.05) is 13.1 Å². The summed E-state index contributed by atoms with van der Waals surface area (Å²) in [4.78, 5) is 36.5. The van der Waals surface area contributed by atoms with E-state index in [0.29, 0.717) is 25.9 Å². The number of nitrogens with two attached hydrogens (primary N) is 1. The van der Waals surface area contributed by atoms with Gasteiger partial charge in [-0.15, -0.1) is 0 Å². The number of halogens is 1. The summed E-state index contributed by atoms with van der Waals surface area (Å²) in [5.74, 6) is -1.28. The van der Waals surface area contributed by atoms with Gasteiger partial charge in [0.15, 0.2) is 5.84 Å². The number of nitriles is 1. The molecule has 0 atom stereocenters. The van der Waals surface area contributed by atoms with Gasteiger partial charge in [-0.2, -0.15) is 5.26 Å². The second-order valence-corrected chi connectivity index (χ2v) is 9.18. The van der Waals surface area contributed by atoms with Crippen molar-refractivity contribution in [1.29, 1.82) is 5.26 Å². The van der Waals surface area contributed by atoms with Crippen molar-refractivity contribution >= 4 is 29.9 Å². The average Bonchev–Trinajstić information content (AvgIpc) is 3.59. The molecule has 9 nitrogen and oxygen atoms in total. The minimum Gasteiger partial charge on any atom is -0.444 e. The van der Waals surface area contributed by atoms with Crippen LogP contribution in [0.15, 0.2) is 28.2 Å². The fraction of sp³-hybridized carbons (Fsp3) is 0.522. The lowest BCUT2D eigenvalue weighted by molar-refractivity contribution is -0.127. The SMILES string of the molecule is CC(C)(C)OC(=O)N1CCC(N(C(=O)C(N)=NC=Nc2ccc(C#N)cc2F)C2CC2)CC1. The molecule has 176 valence electrons. The first kappa shape index (κ1) is 24.2. The zero-order chi connectivity index (χ0) is 24.2. The van der Waals surface area contributed by atoms with Gasteiger partial charge in [0, 0.05) is 25.2 Å². The van der Waals surface area contributed by atoms with Crippen LogP contribution >= 0.6 is 0 Å². The number of carbonyl (C=O) groups excluding carboxylic acids is 2. The van der Waals surface area contributed by atoms with E-state index in [2.05, 4.69) is 9.98 Å². The molecule has 10 heteroatoms. The van der Waals surface area contributed by atoms with Crippen molar-refractivity contribution in [3.05, 3.63) is 29.6 Å². The number of benzene rings is 1. The molecule has 0 radical (unpaired) electrons. The summed E-state index contributed by atoms with van der Waals surface area (Å²) in [6.07, 6.45) is 3.73. The number of carbonyl (C=O) groups is 2. The Balaban J connectivity index is 1.62. The van der Waals surface area contributed by atoms with Gasteiger partial charge in [0.05, 0.1) is 11.6 Å². The van der Waals surface area contributed by atoms with Gasteiger partial charge >= 0.3 is 6.09 Å². The number of nitrogens with zero attached hydrogens (tertiary/aromatic N) is 5. The lowest BCUT2D eigenvalue weighted by atomic mass is 10.0. The third-order valence-corrected chi connectivity index (χ3v) is 5.37. The second-order valence-electron chi connectivity index (χ2n) is 9.18. The van der Waals surface area contributed by atoms with E-state index in [1.807, 2.05) is 26.8 Å². The molecule has 1 aromatic rings. The van der Waals surface area contributed by atoms with E-state index in [4.69, 9.17) is 15.7 Å². The van der Waals surface area contributed by atoms with Crippen molar-refractivity contribution in [2.24, 2.45) is 15.7 Å². The Morgan fingerprint density at radius 2 is 1.88 bits per heavy atom. The van der Waals surface area contributed by atoms with Crippen LogP contribution < -0.4 is 5.73 Å². The molecule has 0 spiro atoms. The topological polar surface area (TPSA) is 124 Å². The highest BCUT2D eigenvalue weighted by Crippen LogP contribution is 2.32. The normalized spacial score (nSPS) is 17.7. The van der Waals surface area contributed by atoms with E-state index in [9.17, 15) is 14.0 Å². The van der Waals surface area contributed by atoms with E-state index >= 15 is 0 Å². The smallest absolute Gasteiger partial charge is 0.410 e. The molecule has 0 bridgehead atoms. The van der Waals surface area contributed by atoms with Crippen LogP contribution in [0.4, 0.5) is 14.9 Å². The fourth-order valence-corrected chi connectivity index (χ4v) is 3.66. The number of aliphatic imine (C=N–C) groups is 2. The Labute approximate surface area is 192 Å². The van der Waals surface area contributed by atoms with E-state index < -0.39 is 11.4 Å². The predicted octanol–water partition coefficient (Wildman–Crippen LogP) is 3.10. The molecule has 1 aliphatic heterocycles. The monoisotopic (exact) mass is 456 g/mol. The maximum Gasteiger partial charge on any atom is 0.410 e. The van der Waals surface area contributed by atoms with Gasteiger partial charge < -0.3 is 20.3 Å². The molecule has 2 N–H and O–H groups in total. The summed E-state index contributed by atoms with van der Waals surface area (Å²) in [5.41, 5.74) is 5.55. The van der Waals surface area contributed by atoms with Crippen molar-refractivity contribution in [3.63, 3.8) is 0 Å². The minimum atomic E-state index is -0.665. The number of ether oxygens (including phenoxy) is 1. The first-order chi connectivity index (χ1) is 15.6. The number of likely N-dealkylation sites (tertiary alicyclic amines) is 1. The number of hydrogen-bond donors (Lipinski definition) is 1. The maximum atomic E-state index is 13.9. The molecule has 0 unspecified atom stereocenters. The molecule has 3 rings (SSSR count). The van der Waals surface area contributed by atoms with Crippen LogP contribution in [0, 0.1) is 17.1 Å². The zero-order valence-corrected chi connectivity index (χ0v) is 19.1. The number of amidine groups is 1. The summed E-state index contributed by atoms with van der Waals surface area (Å²) >= 11 is 0. The van der Waals surface area contributed by atoms with Gasteiger partial charge in [-0.3, -0.25) is 4.79 Å². The van der Waals surface area contributed by atoms with Crippen LogP contribution in [0.5, 0.6) is 0 Å². The maximum absolute atomic E-state index is 13.9. The van der Waals surface area contributed by atoms with Crippen molar-refractivity contribution in [3.8, 4) is 6.07 Å². The molecule has 2 amide bonds. The molecule has 1 aromatic carbocycles. The molecule has 0 aromatic heterocycles.